The third kappa shape index (κ3) is 3.76. The van der Waals surface area contributed by atoms with E-state index in [9.17, 15) is 0 Å². The van der Waals surface area contributed by atoms with E-state index in [1.165, 1.54) is 0 Å². The first-order chi connectivity index (χ1) is 9.74. The van der Waals surface area contributed by atoms with Crippen LogP contribution in [0.5, 0.6) is 0 Å². The predicted molar refractivity (Wildman–Crippen MR) is 104 cm³/mol. The molecule has 1 aromatic heterocycles. The van der Waals surface area contributed by atoms with Crippen molar-refractivity contribution in [3.05, 3.63) is 36.4 Å². The standard InChI is InChI=1S/C15H16Br2IN3/c1-15(2,3)12-11(18)14(19-4)21-13(20-12)8-5-6-9(16)10(17)7-8/h5-7H,1-4H3,(H,19,20,21). The summed E-state index contributed by atoms with van der Waals surface area (Å²) in [5.74, 6) is 1.60. The molecule has 0 spiro atoms. The molecule has 21 heavy (non-hydrogen) atoms. The second-order valence-corrected chi connectivity index (χ2v) is 8.47. The predicted octanol–water partition coefficient (Wildman–Crippen LogP) is 5.61. The van der Waals surface area contributed by atoms with Gasteiger partial charge in [-0.15, -0.1) is 0 Å². The van der Waals surface area contributed by atoms with Crippen molar-refractivity contribution in [2.75, 3.05) is 12.4 Å². The van der Waals surface area contributed by atoms with E-state index in [0.29, 0.717) is 0 Å². The molecular formula is C15H16Br2IN3. The van der Waals surface area contributed by atoms with E-state index < -0.39 is 0 Å². The Morgan fingerprint density at radius 2 is 1.76 bits per heavy atom. The van der Waals surface area contributed by atoms with Gasteiger partial charge in [0.1, 0.15) is 5.82 Å². The van der Waals surface area contributed by atoms with E-state index in [2.05, 4.69) is 85.5 Å². The van der Waals surface area contributed by atoms with E-state index in [-0.39, 0.29) is 5.41 Å². The fraction of sp³-hybridized carbons (Fsp3) is 0.333. The molecular weight excluding hydrogens is 509 g/mol. The molecule has 0 aliphatic heterocycles. The van der Waals surface area contributed by atoms with Crippen molar-refractivity contribution < 1.29 is 0 Å². The molecule has 0 saturated heterocycles. The maximum absolute atomic E-state index is 4.80. The molecule has 0 aliphatic rings. The van der Waals surface area contributed by atoms with Crippen LogP contribution in [0.1, 0.15) is 26.5 Å². The molecule has 112 valence electrons. The molecule has 0 unspecified atom stereocenters. The number of nitrogens with zero attached hydrogens (tertiary/aromatic N) is 2. The molecule has 1 N–H and O–H groups in total. The molecule has 3 nitrogen and oxygen atoms in total. The number of hydrogen-bond acceptors (Lipinski definition) is 3. The van der Waals surface area contributed by atoms with Crippen LogP contribution in [-0.2, 0) is 5.41 Å². The van der Waals surface area contributed by atoms with Gasteiger partial charge in [0.2, 0.25) is 0 Å². The van der Waals surface area contributed by atoms with Crippen LogP contribution >= 0.6 is 54.5 Å². The Labute approximate surface area is 155 Å². The first-order valence-corrected chi connectivity index (χ1v) is 9.11. The fourth-order valence-electron chi connectivity index (χ4n) is 1.87. The minimum Gasteiger partial charge on any atom is -0.372 e. The van der Waals surface area contributed by atoms with Gasteiger partial charge in [0.15, 0.2) is 5.82 Å². The second-order valence-electron chi connectivity index (χ2n) is 5.69. The summed E-state index contributed by atoms with van der Waals surface area (Å²) < 4.78 is 3.08. The lowest BCUT2D eigenvalue weighted by Gasteiger charge is -2.21. The summed E-state index contributed by atoms with van der Waals surface area (Å²) in [7, 11) is 1.89. The first kappa shape index (κ1) is 17.1. The van der Waals surface area contributed by atoms with Gasteiger partial charge in [-0.2, -0.15) is 0 Å². The summed E-state index contributed by atoms with van der Waals surface area (Å²) in [6, 6.07) is 6.04. The van der Waals surface area contributed by atoms with Crippen molar-refractivity contribution in [2.24, 2.45) is 0 Å². The normalized spacial score (nSPS) is 11.6. The molecule has 2 rings (SSSR count). The number of benzene rings is 1. The zero-order valence-corrected chi connectivity index (χ0v) is 17.6. The van der Waals surface area contributed by atoms with Crippen LogP contribution in [-0.4, -0.2) is 17.0 Å². The van der Waals surface area contributed by atoms with Crippen molar-refractivity contribution in [3.63, 3.8) is 0 Å². The maximum Gasteiger partial charge on any atom is 0.161 e. The van der Waals surface area contributed by atoms with Crippen molar-refractivity contribution in [2.45, 2.75) is 26.2 Å². The molecule has 1 heterocycles. The highest BCUT2D eigenvalue weighted by molar-refractivity contribution is 14.1. The molecule has 0 amide bonds. The third-order valence-corrected chi connectivity index (χ3v) is 5.88. The number of rotatable bonds is 2. The summed E-state index contributed by atoms with van der Waals surface area (Å²) in [4.78, 5) is 9.44. The van der Waals surface area contributed by atoms with Crippen LogP contribution in [0, 0.1) is 3.57 Å². The lowest BCUT2D eigenvalue weighted by atomic mass is 9.91. The monoisotopic (exact) mass is 523 g/mol. The van der Waals surface area contributed by atoms with Crippen molar-refractivity contribution in [1.29, 1.82) is 0 Å². The van der Waals surface area contributed by atoms with Crippen LogP contribution in [0.25, 0.3) is 11.4 Å². The van der Waals surface area contributed by atoms with Crippen LogP contribution in [0.2, 0.25) is 0 Å². The Morgan fingerprint density at radius 1 is 1.10 bits per heavy atom. The van der Waals surface area contributed by atoms with Crippen molar-refractivity contribution in [3.8, 4) is 11.4 Å². The van der Waals surface area contributed by atoms with Gasteiger partial charge in [0.05, 0.1) is 9.26 Å². The van der Waals surface area contributed by atoms with Gasteiger partial charge in [0.25, 0.3) is 0 Å². The average molecular weight is 525 g/mol. The van der Waals surface area contributed by atoms with Crippen LogP contribution in [0.4, 0.5) is 5.82 Å². The average Bonchev–Trinajstić information content (AvgIpc) is 2.41. The Kier molecular flexibility index (Phi) is 5.31. The van der Waals surface area contributed by atoms with Gasteiger partial charge in [-0.25, -0.2) is 9.97 Å². The Hall–Kier alpha value is -0.210. The number of aromatic nitrogens is 2. The molecule has 0 aliphatic carbocycles. The summed E-state index contributed by atoms with van der Waals surface area (Å²) in [5, 5.41) is 3.16. The summed E-state index contributed by atoms with van der Waals surface area (Å²) >= 11 is 9.33. The Bertz CT molecular complexity index is 681. The molecule has 6 heteroatoms. The van der Waals surface area contributed by atoms with Crippen molar-refractivity contribution in [1.82, 2.24) is 9.97 Å². The molecule has 0 saturated carbocycles. The topological polar surface area (TPSA) is 37.8 Å². The minimum absolute atomic E-state index is 0.0353. The van der Waals surface area contributed by atoms with Gasteiger partial charge in [-0.3, -0.25) is 0 Å². The Morgan fingerprint density at radius 3 is 2.29 bits per heavy atom. The molecule has 0 fully saturated rings. The van der Waals surface area contributed by atoms with Crippen molar-refractivity contribution >= 4 is 60.3 Å². The number of halogens is 3. The highest BCUT2D eigenvalue weighted by Crippen LogP contribution is 2.33. The van der Waals surface area contributed by atoms with Gasteiger partial charge in [-0.05, 0) is 72.6 Å². The van der Waals surface area contributed by atoms with Gasteiger partial charge < -0.3 is 5.32 Å². The second kappa shape index (κ2) is 6.50. The SMILES string of the molecule is CNc1nc(-c2ccc(Br)c(Br)c2)nc(C(C)(C)C)c1I. The largest absolute Gasteiger partial charge is 0.372 e. The fourth-order valence-corrected chi connectivity index (χ4v) is 3.82. The number of anilines is 1. The Balaban J connectivity index is 2.66. The highest BCUT2D eigenvalue weighted by Gasteiger charge is 2.23. The molecule has 0 atom stereocenters. The first-order valence-electron chi connectivity index (χ1n) is 6.45. The number of nitrogens with one attached hydrogen (secondary N) is 1. The molecule has 2 aromatic rings. The maximum atomic E-state index is 4.80. The highest BCUT2D eigenvalue weighted by atomic mass is 127. The van der Waals surface area contributed by atoms with Gasteiger partial charge in [-0.1, -0.05) is 20.8 Å². The van der Waals surface area contributed by atoms with E-state index in [1.54, 1.807) is 0 Å². The molecule has 1 aromatic carbocycles. The van der Waals surface area contributed by atoms with E-state index in [1.807, 2.05) is 25.2 Å². The van der Waals surface area contributed by atoms with E-state index in [0.717, 1.165) is 35.4 Å². The molecule has 0 radical (unpaired) electrons. The lowest BCUT2D eigenvalue weighted by Crippen LogP contribution is -2.18. The van der Waals surface area contributed by atoms with Crippen LogP contribution in [0.15, 0.2) is 27.1 Å². The van der Waals surface area contributed by atoms with Gasteiger partial charge >= 0.3 is 0 Å². The minimum atomic E-state index is -0.0353. The summed E-state index contributed by atoms with van der Waals surface area (Å²) in [6.45, 7) is 6.49. The summed E-state index contributed by atoms with van der Waals surface area (Å²) in [6.07, 6.45) is 0. The van der Waals surface area contributed by atoms with E-state index in [4.69, 9.17) is 4.98 Å². The van der Waals surface area contributed by atoms with Crippen LogP contribution in [0.3, 0.4) is 0 Å². The zero-order chi connectivity index (χ0) is 15.8. The lowest BCUT2D eigenvalue weighted by molar-refractivity contribution is 0.564. The smallest absolute Gasteiger partial charge is 0.161 e. The van der Waals surface area contributed by atoms with Gasteiger partial charge in [0, 0.05) is 27.0 Å². The summed E-state index contributed by atoms with van der Waals surface area (Å²) in [5.41, 5.74) is 2.01. The molecule has 0 bridgehead atoms. The zero-order valence-electron chi connectivity index (χ0n) is 12.3. The number of hydrogen-bond donors (Lipinski definition) is 1. The quantitative estimate of drug-likeness (QED) is 0.519. The third-order valence-electron chi connectivity index (χ3n) is 2.98. The van der Waals surface area contributed by atoms with Crippen LogP contribution < -0.4 is 5.32 Å². The van der Waals surface area contributed by atoms with E-state index >= 15 is 0 Å².